The van der Waals surface area contributed by atoms with E-state index in [1.807, 2.05) is 0 Å². The van der Waals surface area contributed by atoms with Crippen LogP contribution < -0.4 is 4.74 Å². The molecule has 1 aromatic carbocycles. The number of nitrogens with zero attached hydrogens (tertiary/aromatic N) is 3. The summed E-state index contributed by atoms with van der Waals surface area (Å²) in [6, 6.07) is 5.33. The van der Waals surface area contributed by atoms with Gasteiger partial charge in [-0.3, -0.25) is 4.79 Å². The number of alkyl halides is 3. The number of carbonyl (C=O) groups is 1. The summed E-state index contributed by atoms with van der Waals surface area (Å²) < 4.78 is 51.7. The van der Waals surface area contributed by atoms with Gasteiger partial charge in [-0.15, -0.1) is 13.2 Å². The van der Waals surface area contributed by atoms with Gasteiger partial charge in [-0.1, -0.05) is 17.3 Å². The molecule has 1 saturated heterocycles. The summed E-state index contributed by atoms with van der Waals surface area (Å²) >= 11 is 0. The minimum absolute atomic E-state index is 0.0841. The first-order valence-corrected chi connectivity index (χ1v) is 7.93. The van der Waals surface area contributed by atoms with Gasteiger partial charge < -0.3 is 18.9 Å². The van der Waals surface area contributed by atoms with Gasteiger partial charge in [-0.25, -0.2) is 0 Å². The van der Waals surface area contributed by atoms with Crippen molar-refractivity contribution >= 4 is 5.91 Å². The van der Waals surface area contributed by atoms with Gasteiger partial charge in [0.05, 0.1) is 11.7 Å². The first-order chi connectivity index (χ1) is 12.4. The summed E-state index contributed by atoms with van der Waals surface area (Å²) in [5.41, 5.74) is -0.115. The number of benzene rings is 1. The van der Waals surface area contributed by atoms with Crippen molar-refractivity contribution in [2.24, 2.45) is 0 Å². The van der Waals surface area contributed by atoms with Gasteiger partial charge >= 0.3 is 6.36 Å². The lowest BCUT2D eigenvalue weighted by Crippen LogP contribution is -2.41. The maximum Gasteiger partial charge on any atom is 0.573 e. The number of ether oxygens (including phenoxy) is 2. The second-order valence-electron chi connectivity index (χ2n) is 5.69. The highest BCUT2D eigenvalue weighted by Gasteiger charge is 2.34. The predicted octanol–water partition coefficient (Wildman–Crippen LogP) is 2.79. The van der Waals surface area contributed by atoms with E-state index in [4.69, 9.17) is 4.74 Å². The molecule has 10 heteroatoms. The summed E-state index contributed by atoms with van der Waals surface area (Å²) in [5, 5.41) is 3.64. The van der Waals surface area contributed by atoms with Crippen molar-refractivity contribution in [3.8, 4) is 5.75 Å². The minimum Gasteiger partial charge on any atom is -0.405 e. The topological polar surface area (TPSA) is 77.7 Å². The Morgan fingerprint density at radius 2 is 2.00 bits per heavy atom. The lowest BCUT2D eigenvalue weighted by molar-refractivity contribution is -0.274. The molecule has 1 fully saturated rings. The molecule has 0 saturated carbocycles. The van der Waals surface area contributed by atoms with Crippen molar-refractivity contribution < 1.29 is 32.0 Å². The van der Waals surface area contributed by atoms with E-state index in [2.05, 4.69) is 19.4 Å². The van der Waals surface area contributed by atoms with E-state index in [9.17, 15) is 18.0 Å². The van der Waals surface area contributed by atoms with Gasteiger partial charge in [0.15, 0.2) is 5.82 Å². The molecule has 1 aromatic heterocycles. The largest absolute Gasteiger partial charge is 0.573 e. The third-order valence-corrected chi connectivity index (χ3v) is 3.93. The fourth-order valence-electron chi connectivity index (χ4n) is 2.70. The highest BCUT2D eigenvalue weighted by molar-refractivity contribution is 5.97. The average Bonchev–Trinajstić information content (AvgIpc) is 3.12. The second kappa shape index (κ2) is 7.73. The van der Waals surface area contributed by atoms with Crippen LogP contribution in [0.15, 0.2) is 35.2 Å². The molecule has 26 heavy (non-hydrogen) atoms. The molecule has 1 amide bonds. The molecule has 3 rings (SSSR count). The van der Waals surface area contributed by atoms with Crippen molar-refractivity contribution in [2.45, 2.75) is 31.9 Å². The Labute approximate surface area is 146 Å². The maximum absolute atomic E-state index is 12.6. The van der Waals surface area contributed by atoms with Crippen LogP contribution >= 0.6 is 0 Å². The van der Waals surface area contributed by atoms with Crippen LogP contribution in [0.25, 0.3) is 0 Å². The predicted molar refractivity (Wildman–Crippen MR) is 81.1 cm³/mol. The van der Waals surface area contributed by atoms with Crippen LogP contribution in [0.1, 0.15) is 29.0 Å². The first-order valence-electron chi connectivity index (χ1n) is 7.93. The van der Waals surface area contributed by atoms with E-state index in [1.54, 1.807) is 0 Å². The molecule has 2 aromatic rings. The molecular formula is C16H16F3N3O4. The maximum atomic E-state index is 12.6. The number of halogens is 3. The highest BCUT2D eigenvalue weighted by atomic mass is 19.4. The Morgan fingerprint density at radius 3 is 2.65 bits per heavy atom. The fraction of sp³-hybridized carbons (Fsp3) is 0.438. The van der Waals surface area contributed by atoms with Gasteiger partial charge in [0.25, 0.3) is 5.91 Å². The van der Waals surface area contributed by atoms with Crippen molar-refractivity contribution in [1.82, 2.24) is 15.0 Å². The van der Waals surface area contributed by atoms with Crippen molar-refractivity contribution in [1.29, 1.82) is 0 Å². The van der Waals surface area contributed by atoms with Crippen LogP contribution in [0.3, 0.4) is 0 Å². The number of para-hydroxylation sites is 1. The Kier molecular flexibility index (Phi) is 5.40. The second-order valence-corrected chi connectivity index (χ2v) is 5.69. The summed E-state index contributed by atoms with van der Waals surface area (Å²) in [7, 11) is 0. The lowest BCUT2D eigenvalue weighted by atomic mass is 10.1. The van der Waals surface area contributed by atoms with E-state index in [-0.39, 0.29) is 18.3 Å². The van der Waals surface area contributed by atoms with E-state index >= 15 is 0 Å². The zero-order valence-electron chi connectivity index (χ0n) is 13.6. The number of aromatic nitrogens is 2. The Morgan fingerprint density at radius 1 is 1.27 bits per heavy atom. The summed E-state index contributed by atoms with van der Waals surface area (Å²) in [6.07, 6.45) is -2.61. The van der Waals surface area contributed by atoms with Crippen molar-refractivity contribution in [2.75, 3.05) is 13.1 Å². The number of carbonyl (C=O) groups excluding carboxylic acids is 1. The van der Waals surface area contributed by atoms with E-state index in [0.29, 0.717) is 31.8 Å². The van der Waals surface area contributed by atoms with Crippen LogP contribution in [0, 0.1) is 0 Å². The average molecular weight is 371 g/mol. The summed E-state index contributed by atoms with van der Waals surface area (Å²) in [6.45, 7) is 0.948. The molecule has 0 bridgehead atoms. The normalized spacial score (nSPS) is 15.9. The molecule has 1 aliphatic rings. The molecule has 7 nitrogen and oxygen atoms in total. The van der Waals surface area contributed by atoms with Gasteiger partial charge in [-0.05, 0) is 25.0 Å². The van der Waals surface area contributed by atoms with Crippen molar-refractivity contribution in [3.05, 3.63) is 42.0 Å². The molecule has 1 aliphatic heterocycles. The smallest absolute Gasteiger partial charge is 0.405 e. The zero-order valence-corrected chi connectivity index (χ0v) is 13.6. The van der Waals surface area contributed by atoms with Gasteiger partial charge in [0.1, 0.15) is 12.4 Å². The zero-order chi connectivity index (χ0) is 18.6. The summed E-state index contributed by atoms with van der Waals surface area (Å²) in [4.78, 5) is 17.9. The quantitative estimate of drug-likeness (QED) is 0.804. The Hall–Kier alpha value is -2.62. The molecule has 0 aliphatic carbocycles. The first kappa shape index (κ1) is 18.2. The van der Waals surface area contributed by atoms with E-state index in [1.165, 1.54) is 29.5 Å². The van der Waals surface area contributed by atoms with E-state index in [0.717, 1.165) is 6.07 Å². The van der Waals surface area contributed by atoms with Crippen LogP contribution in [-0.4, -0.2) is 46.5 Å². The number of hydrogen-bond acceptors (Lipinski definition) is 6. The van der Waals surface area contributed by atoms with Crippen LogP contribution in [0.5, 0.6) is 5.75 Å². The standard InChI is InChI=1S/C16H16F3N3O4/c17-16(18,19)26-13-4-2-1-3-12(13)15(23)22-7-5-11(6-8-22)24-9-14-20-10-25-21-14/h1-4,10-11H,5-9H2. The number of likely N-dealkylation sites (tertiary alicyclic amines) is 1. The molecule has 140 valence electrons. The molecular weight excluding hydrogens is 355 g/mol. The Balaban J connectivity index is 1.57. The molecule has 0 spiro atoms. The Bertz CT molecular complexity index is 729. The number of rotatable bonds is 5. The highest BCUT2D eigenvalue weighted by Crippen LogP contribution is 2.28. The minimum atomic E-state index is -4.85. The van der Waals surface area contributed by atoms with Gasteiger partial charge in [-0.2, -0.15) is 4.98 Å². The number of amides is 1. The molecule has 0 N–H and O–H groups in total. The van der Waals surface area contributed by atoms with Crippen molar-refractivity contribution in [3.63, 3.8) is 0 Å². The third-order valence-electron chi connectivity index (χ3n) is 3.93. The number of hydrogen-bond donors (Lipinski definition) is 0. The number of piperidine rings is 1. The molecule has 0 atom stereocenters. The fourth-order valence-corrected chi connectivity index (χ4v) is 2.70. The monoisotopic (exact) mass is 371 g/mol. The molecule has 2 heterocycles. The SMILES string of the molecule is O=C(c1ccccc1OC(F)(F)F)N1CCC(OCc2ncon2)CC1. The lowest BCUT2D eigenvalue weighted by Gasteiger charge is -2.32. The van der Waals surface area contributed by atoms with Crippen LogP contribution in [-0.2, 0) is 11.3 Å². The summed E-state index contributed by atoms with van der Waals surface area (Å²) in [5.74, 6) is -0.566. The molecule has 0 radical (unpaired) electrons. The third kappa shape index (κ3) is 4.72. The van der Waals surface area contributed by atoms with E-state index < -0.39 is 18.0 Å². The van der Waals surface area contributed by atoms with Crippen LogP contribution in [0.4, 0.5) is 13.2 Å². The van der Waals surface area contributed by atoms with Gasteiger partial charge in [0, 0.05) is 13.1 Å². The van der Waals surface area contributed by atoms with Gasteiger partial charge in [0.2, 0.25) is 6.39 Å². The van der Waals surface area contributed by atoms with Crippen LogP contribution in [0.2, 0.25) is 0 Å². The molecule has 0 unspecified atom stereocenters.